The molecule has 1 aromatic carbocycles. The van der Waals surface area contributed by atoms with Gasteiger partial charge in [-0.05, 0) is 25.3 Å². The number of hydrogen-bond donors (Lipinski definition) is 1. The predicted molar refractivity (Wildman–Crippen MR) is 109 cm³/mol. The minimum Gasteiger partial charge on any atom is -0.383 e. The smallest absolute Gasteiger partial charge is 0.254 e. The highest BCUT2D eigenvalue weighted by molar-refractivity contribution is 6.00. The SMILES string of the molecule is COCCN1CC2(CCCN(C(=O)c3ccccc3-c3ncc[nH]3)C2)CCC1=O. The number of benzene rings is 1. The number of ether oxygens (including phenoxy) is 1. The largest absolute Gasteiger partial charge is 0.383 e. The molecule has 0 radical (unpaired) electrons. The van der Waals surface area contributed by atoms with Crippen molar-refractivity contribution < 1.29 is 14.3 Å². The molecule has 1 aromatic heterocycles. The number of imidazole rings is 1. The normalized spacial score (nSPS) is 22.3. The number of carbonyl (C=O) groups is 2. The monoisotopic (exact) mass is 396 g/mol. The van der Waals surface area contributed by atoms with E-state index in [0.29, 0.717) is 44.0 Å². The molecule has 1 unspecified atom stereocenters. The van der Waals surface area contributed by atoms with Crippen LogP contribution < -0.4 is 0 Å². The molecule has 0 bridgehead atoms. The summed E-state index contributed by atoms with van der Waals surface area (Å²) in [5, 5.41) is 0. The Morgan fingerprint density at radius 1 is 1.28 bits per heavy atom. The number of carbonyl (C=O) groups excluding carboxylic acids is 2. The number of aromatic amines is 1. The first kappa shape index (κ1) is 19.6. The summed E-state index contributed by atoms with van der Waals surface area (Å²) in [6, 6.07) is 7.62. The van der Waals surface area contributed by atoms with Crippen LogP contribution >= 0.6 is 0 Å². The Bertz CT molecular complexity index is 867. The summed E-state index contributed by atoms with van der Waals surface area (Å²) >= 11 is 0. The second-order valence-electron chi connectivity index (χ2n) is 8.12. The van der Waals surface area contributed by atoms with E-state index in [2.05, 4.69) is 9.97 Å². The molecule has 154 valence electrons. The van der Waals surface area contributed by atoms with Crippen molar-refractivity contribution in [3.63, 3.8) is 0 Å². The van der Waals surface area contributed by atoms with E-state index in [1.54, 1.807) is 19.5 Å². The van der Waals surface area contributed by atoms with E-state index >= 15 is 0 Å². The van der Waals surface area contributed by atoms with E-state index < -0.39 is 0 Å². The van der Waals surface area contributed by atoms with Crippen molar-refractivity contribution >= 4 is 11.8 Å². The summed E-state index contributed by atoms with van der Waals surface area (Å²) in [6.45, 7) is 3.31. The standard InChI is InChI=1S/C22H28N4O3/c1-29-14-13-25-15-22(9-7-19(25)27)8-4-12-26(16-22)21(28)18-6-3-2-5-17(18)20-23-10-11-24-20/h2-3,5-6,10-11H,4,7-9,12-16H2,1H3,(H,23,24). The minimum absolute atomic E-state index is 0.0187. The van der Waals surface area contributed by atoms with Crippen LogP contribution in [0.4, 0.5) is 0 Å². The number of nitrogens with one attached hydrogen (secondary N) is 1. The summed E-state index contributed by atoms with van der Waals surface area (Å²) in [5.74, 6) is 0.936. The Labute approximate surface area is 171 Å². The van der Waals surface area contributed by atoms with E-state index in [1.807, 2.05) is 34.1 Å². The van der Waals surface area contributed by atoms with Crippen LogP contribution in [-0.4, -0.2) is 71.5 Å². The Hall–Kier alpha value is -2.67. The van der Waals surface area contributed by atoms with Crippen LogP contribution in [0.3, 0.4) is 0 Å². The number of rotatable bonds is 5. The molecule has 7 heteroatoms. The fraction of sp³-hybridized carbons (Fsp3) is 0.500. The molecule has 2 aliphatic heterocycles. The third-order valence-corrected chi connectivity index (χ3v) is 6.17. The molecule has 29 heavy (non-hydrogen) atoms. The van der Waals surface area contributed by atoms with E-state index in [-0.39, 0.29) is 17.2 Å². The van der Waals surface area contributed by atoms with Gasteiger partial charge in [-0.25, -0.2) is 4.98 Å². The topological polar surface area (TPSA) is 78.5 Å². The van der Waals surface area contributed by atoms with Crippen molar-refractivity contribution in [1.82, 2.24) is 19.8 Å². The zero-order valence-corrected chi connectivity index (χ0v) is 16.9. The lowest BCUT2D eigenvalue weighted by molar-refractivity contribution is -0.139. The Morgan fingerprint density at radius 3 is 2.93 bits per heavy atom. The molecule has 2 aliphatic rings. The number of hydrogen-bond acceptors (Lipinski definition) is 4. The van der Waals surface area contributed by atoms with Crippen LogP contribution in [0.1, 0.15) is 36.0 Å². The van der Waals surface area contributed by atoms with Gasteiger partial charge in [-0.2, -0.15) is 0 Å². The number of nitrogens with zero attached hydrogens (tertiary/aromatic N) is 3. The summed E-state index contributed by atoms with van der Waals surface area (Å²) in [7, 11) is 1.65. The fourth-order valence-corrected chi connectivity index (χ4v) is 4.68. The summed E-state index contributed by atoms with van der Waals surface area (Å²) in [4.78, 5) is 37.1. The summed E-state index contributed by atoms with van der Waals surface area (Å²) in [6.07, 6.45) is 6.86. The number of piperidine rings is 2. The number of aromatic nitrogens is 2. The molecular formula is C22H28N4O3. The second-order valence-corrected chi connectivity index (χ2v) is 8.12. The van der Waals surface area contributed by atoms with Crippen molar-refractivity contribution in [2.24, 2.45) is 5.41 Å². The molecule has 2 amide bonds. The van der Waals surface area contributed by atoms with Gasteiger partial charge in [0.15, 0.2) is 0 Å². The van der Waals surface area contributed by atoms with Crippen LogP contribution in [-0.2, 0) is 9.53 Å². The number of likely N-dealkylation sites (tertiary alicyclic amines) is 2. The quantitative estimate of drug-likeness (QED) is 0.843. The third kappa shape index (κ3) is 4.05. The van der Waals surface area contributed by atoms with E-state index in [0.717, 1.165) is 31.4 Å². The van der Waals surface area contributed by atoms with Crippen molar-refractivity contribution in [2.75, 3.05) is 39.9 Å². The van der Waals surface area contributed by atoms with Gasteiger partial charge in [0.2, 0.25) is 5.91 Å². The molecule has 2 aromatic rings. The van der Waals surface area contributed by atoms with Crippen LogP contribution in [0.15, 0.2) is 36.7 Å². The van der Waals surface area contributed by atoms with Crippen molar-refractivity contribution in [2.45, 2.75) is 25.7 Å². The van der Waals surface area contributed by atoms with Gasteiger partial charge in [0.05, 0.1) is 12.2 Å². The van der Waals surface area contributed by atoms with Gasteiger partial charge in [-0.15, -0.1) is 0 Å². The van der Waals surface area contributed by atoms with Gasteiger partial charge in [0.25, 0.3) is 5.91 Å². The average Bonchev–Trinajstić information content (AvgIpc) is 3.29. The predicted octanol–water partition coefficient (Wildman–Crippen LogP) is 2.57. The maximum Gasteiger partial charge on any atom is 0.254 e. The first-order valence-electron chi connectivity index (χ1n) is 10.3. The van der Waals surface area contributed by atoms with Gasteiger partial charge >= 0.3 is 0 Å². The molecule has 0 saturated carbocycles. The lowest BCUT2D eigenvalue weighted by Gasteiger charge is -2.48. The highest BCUT2D eigenvalue weighted by Crippen LogP contribution is 2.39. The number of amides is 2. The Morgan fingerprint density at radius 2 is 2.14 bits per heavy atom. The summed E-state index contributed by atoms with van der Waals surface area (Å²) < 4.78 is 5.17. The highest BCUT2D eigenvalue weighted by atomic mass is 16.5. The zero-order valence-electron chi connectivity index (χ0n) is 16.9. The lowest BCUT2D eigenvalue weighted by atomic mass is 9.73. The molecule has 3 heterocycles. The van der Waals surface area contributed by atoms with Crippen molar-refractivity contribution in [3.05, 3.63) is 42.2 Å². The minimum atomic E-state index is -0.0187. The third-order valence-electron chi connectivity index (χ3n) is 6.17. The van der Waals surface area contributed by atoms with Crippen molar-refractivity contribution in [1.29, 1.82) is 0 Å². The second kappa shape index (κ2) is 8.37. The Kier molecular flexibility index (Phi) is 5.67. The van der Waals surface area contributed by atoms with Crippen LogP contribution in [0.2, 0.25) is 0 Å². The molecule has 0 aliphatic carbocycles. The molecule has 1 spiro atoms. The van der Waals surface area contributed by atoms with Gasteiger partial charge < -0.3 is 19.5 Å². The maximum atomic E-state index is 13.4. The first-order chi connectivity index (χ1) is 14.1. The number of H-pyrrole nitrogens is 1. The van der Waals surface area contributed by atoms with Gasteiger partial charge in [0.1, 0.15) is 5.82 Å². The molecule has 7 nitrogen and oxygen atoms in total. The average molecular weight is 396 g/mol. The molecule has 4 rings (SSSR count). The summed E-state index contributed by atoms with van der Waals surface area (Å²) in [5.41, 5.74) is 1.47. The van der Waals surface area contributed by atoms with E-state index in [9.17, 15) is 9.59 Å². The van der Waals surface area contributed by atoms with Gasteiger partial charge in [-0.3, -0.25) is 9.59 Å². The first-order valence-corrected chi connectivity index (χ1v) is 10.3. The highest BCUT2D eigenvalue weighted by Gasteiger charge is 2.42. The van der Waals surface area contributed by atoms with Crippen LogP contribution in [0, 0.1) is 5.41 Å². The molecule has 1 N–H and O–H groups in total. The molecule has 2 saturated heterocycles. The van der Waals surface area contributed by atoms with Gasteiger partial charge in [0, 0.05) is 63.1 Å². The fourth-order valence-electron chi connectivity index (χ4n) is 4.68. The van der Waals surface area contributed by atoms with Crippen molar-refractivity contribution in [3.8, 4) is 11.4 Å². The Balaban J connectivity index is 1.53. The molecular weight excluding hydrogens is 368 g/mol. The van der Waals surface area contributed by atoms with Crippen LogP contribution in [0.5, 0.6) is 0 Å². The molecule has 2 fully saturated rings. The maximum absolute atomic E-state index is 13.4. The van der Waals surface area contributed by atoms with E-state index in [4.69, 9.17) is 4.74 Å². The zero-order chi connectivity index (χ0) is 20.3. The van der Waals surface area contributed by atoms with E-state index in [1.165, 1.54) is 0 Å². The van der Waals surface area contributed by atoms with Crippen LogP contribution in [0.25, 0.3) is 11.4 Å². The van der Waals surface area contributed by atoms with Gasteiger partial charge in [-0.1, -0.05) is 18.2 Å². The lowest BCUT2D eigenvalue weighted by Crippen LogP contribution is -2.55. The number of methoxy groups -OCH3 is 1. The molecule has 1 atom stereocenters.